The van der Waals surface area contributed by atoms with Gasteiger partial charge in [0.1, 0.15) is 0 Å². The standard InChI is InChI=1S/C13H27NO2/c1-7-13(6,16)9-14-11(15)8-10(2)12(3,4)5/h10,16H,7-9H2,1-6H3,(H,14,15). The maximum atomic E-state index is 11.6. The molecule has 2 atom stereocenters. The number of nitrogens with one attached hydrogen (secondary N) is 1. The lowest BCUT2D eigenvalue weighted by molar-refractivity contribution is -0.123. The maximum absolute atomic E-state index is 11.6. The van der Waals surface area contributed by atoms with Crippen LogP contribution in [0.25, 0.3) is 0 Å². The molecule has 16 heavy (non-hydrogen) atoms. The van der Waals surface area contributed by atoms with Crippen molar-refractivity contribution in [2.75, 3.05) is 6.54 Å². The smallest absolute Gasteiger partial charge is 0.220 e. The Morgan fingerprint density at radius 2 is 1.81 bits per heavy atom. The van der Waals surface area contributed by atoms with Gasteiger partial charge in [0.25, 0.3) is 0 Å². The summed E-state index contributed by atoms with van der Waals surface area (Å²) in [6, 6.07) is 0. The van der Waals surface area contributed by atoms with Gasteiger partial charge in [0.2, 0.25) is 5.91 Å². The second-order valence-electron chi connectivity index (χ2n) is 6.10. The van der Waals surface area contributed by atoms with E-state index in [1.165, 1.54) is 0 Å². The quantitative estimate of drug-likeness (QED) is 0.760. The molecule has 3 nitrogen and oxygen atoms in total. The molecule has 0 heterocycles. The van der Waals surface area contributed by atoms with Gasteiger partial charge >= 0.3 is 0 Å². The first kappa shape index (κ1) is 15.4. The van der Waals surface area contributed by atoms with Gasteiger partial charge in [-0.25, -0.2) is 0 Å². The van der Waals surface area contributed by atoms with Crippen LogP contribution in [0.1, 0.15) is 54.4 Å². The van der Waals surface area contributed by atoms with E-state index < -0.39 is 5.60 Å². The summed E-state index contributed by atoms with van der Waals surface area (Å²) in [4.78, 5) is 11.6. The summed E-state index contributed by atoms with van der Waals surface area (Å²) < 4.78 is 0. The van der Waals surface area contributed by atoms with Gasteiger partial charge in [-0.3, -0.25) is 4.79 Å². The summed E-state index contributed by atoms with van der Waals surface area (Å²) in [7, 11) is 0. The predicted molar refractivity (Wildman–Crippen MR) is 67.2 cm³/mol. The van der Waals surface area contributed by atoms with E-state index in [0.717, 1.165) is 0 Å². The maximum Gasteiger partial charge on any atom is 0.220 e. The second kappa shape index (κ2) is 5.67. The number of aliphatic hydroxyl groups is 1. The molecule has 3 heteroatoms. The van der Waals surface area contributed by atoms with Gasteiger partial charge < -0.3 is 10.4 Å². The highest BCUT2D eigenvalue weighted by atomic mass is 16.3. The molecule has 0 aliphatic carbocycles. The van der Waals surface area contributed by atoms with Crippen LogP contribution in [-0.2, 0) is 4.79 Å². The second-order valence-corrected chi connectivity index (χ2v) is 6.10. The zero-order chi connectivity index (χ0) is 13.0. The number of rotatable bonds is 5. The molecule has 0 rings (SSSR count). The Balaban J connectivity index is 4.02. The minimum Gasteiger partial charge on any atom is -0.388 e. The van der Waals surface area contributed by atoms with Crippen LogP contribution in [-0.4, -0.2) is 23.2 Å². The molecule has 0 aromatic heterocycles. The largest absolute Gasteiger partial charge is 0.388 e. The Kier molecular flexibility index (Phi) is 5.47. The van der Waals surface area contributed by atoms with Crippen LogP contribution in [0.3, 0.4) is 0 Å². The molecule has 0 radical (unpaired) electrons. The lowest BCUT2D eigenvalue weighted by Crippen LogP contribution is -2.41. The Labute approximate surface area is 99.6 Å². The van der Waals surface area contributed by atoms with Crippen LogP contribution in [0.15, 0.2) is 0 Å². The molecule has 0 aliphatic heterocycles. The Hall–Kier alpha value is -0.570. The van der Waals surface area contributed by atoms with Crippen molar-refractivity contribution in [3.05, 3.63) is 0 Å². The average molecular weight is 229 g/mol. The number of amides is 1. The van der Waals surface area contributed by atoms with Gasteiger partial charge in [0.05, 0.1) is 5.60 Å². The van der Waals surface area contributed by atoms with E-state index in [0.29, 0.717) is 25.3 Å². The Morgan fingerprint density at radius 1 is 1.31 bits per heavy atom. The number of hydrogen-bond donors (Lipinski definition) is 2. The van der Waals surface area contributed by atoms with Gasteiger partial charge in [0, 0.05) is 13.0 Å². The van der Waals surface area contributed by atoms with Gasteiger partial charge in [-0.2, -0.15) is 0 Å². The van der Waals surface area contributed by atoms with E-state index in [4.69, 9.17) is 0 Å². The topological polar surface area (TPSA) is 49.3 Å². The van der Waals surface area contributed by atoms with Crippen LogP contribution in [0, 0.1) is 11.3 Å². The van der Waals surface area contributed by atoms with E-state index in [9.17, 15) is 9.90 Å². The van der Waals surface area contributed by atoms with Crippen LogP contribution in [0.2, 0.25) is 0 Å². The lowest BCUT2D eigenvalue weighted by atomic mass is 9.80. The van der Waals surface area contributed by atoms with Crippen LogP contribution in [0.4, 0.5) is 0 Å². The fraction of sp³-hybridized carbons (Fsp3) is 0.923. The predicted octanol–water partition coefficient (Wildman–Crippen LogP) is 2.34. The zero-order valence-electron chi connectivity index (χ0n) is 11.6. The average Bonchev–Trinajstić information content (AvgIpc) is 2.13. The first-order valence-electron chi connectivity index (χ1n) is 6.07. The van der Waals surface area contributed by atoms with Crippen molar-refractivity contribution in [1.29, 1.82) is 0 Å². The number of carbonyl (C=O) groups is 1. The molecule has 0 saturated heterocycles. The molecule has 0 aromatic rings. The summed E-state index contributed by atoms with van der Waals surface area (Å²) in [6.07, 6.45) is 1.16. The van der Waals surface area contributed by atoms with Crippen LogP contribution in [0.5, 0.6) is 0 Å². The molecule has 2 unspecified atom stereocenters. The highest BCUT2D eigenvalue weighted by molar-refractivity contribution is 5.76. The van der Waals surface area contributed by atoms with Crippen molar-refractivity contribution < 1.29 is 9.90 Å². The van der Waals surface area contributed by atoms with Gasteiger partial charge in [-0.05, 0) is 24.7 Å². The molecule has 0 spiro atoms. The highest BCUT2D eigenvalue weighted by Crippen LogP contribution is 2.27. The van der Waals surface area contributed by atoms with Crippen molar-refractivity contribution in [1.82, 2.24) is 5.32 Å². The molecular weight excluding hydrogens is 202 g/mol. The van der Waals surface area contributed by atoms with Crippen molar-refractivity contribution in [3.63, 3.8) is 0 Å². The van der Waals surface area contributed by atoms with Gasteiger partial charge in [0.15, 0.2) is 0 Å². The summed E-state index contributed by atoms with van der Waals surface area (Å²) in [5.41, 5.74) is -0.648. The van der Waals surface area contributed by atoms with E-state index in [1.807, 2.05) is 6.92 Å². The van der Waals surface area contributed by atoms with Crippen molar-refractivity contribution in [3.8, 4) is 0 Å². The van der Waals surface area contributed by atoms with E-state index in [2.05, 4.69) is 33.0 Å². The monoisotopic (exact) mass is 229 g/mol. The molecule has 2 N–H and O–H groups in total. The molecule has 0 aromatic carbocycles. The molecular formula is C13H27NO2. The van der Waals surface area contributed by atoms with Crippen LogP contribution < -0.4 is 5.32 Å². The minimum atomic E-state index is -0.791. The van der Waals surface area contributed by atoms with Crippen molar-refractivity contribution >= 4 is 5.91 Å². The third-order valence-corrected chi connectivity index (χ3v) is 3.40. The lowest BCUT2D eigenvalue weighted by Gasteiger charge is -2.27. The third kappa shape index (κ3) is 6.11. The summed E-state index contributed by atoms with van der Waals surface area (Å²) >= 11 is 0. The molecule has 0 bridgehead atoms. The number of carbonyl (C=O) groups excluding carboxylic acids is 1. The molecule has 1 amide bonds. The molecule has 96 valence electrons. The fourth-order valence-electron chi connectivity index (χ4n) is 1.07. The van der Waals surface area contributed by atoms with Crippen molar-refractivity contribution in [2.45, 2.75) is 60.0 Å². The van der Waals surface area contributed by atoms with E-state index >= 15 is 0 Å². The molecule has 0 saturated carbocycles. The Bertz CT molecular complexity index is 229. The molecule has 0 fully saturated rings. The van der Waals surface area contributed by atoms with Crippen molar-refractivity contribution in [2.24, 2.45) is 11.3 Å². The summed E-state index contributed by atoms with van der Waals surface area (Å²) in [6.45, 7) is 12.5. The SMILES string of the molecule is CCC(C)(O)CNC(=O)CC(C)C(C)(C)C. The zero-order valence-corrected chi connectivity index (χ0v) is 11.6. The first-order chi connectivity index (χ1) is 7.08. The molecule has 0 aliphatic rings. The Morgan fingerprint density at radius 3 is 2.19 bits per heavy atom. The van der Waals surface area contributed by atoms with Gasteiger partial charge in [-0.1, -0.05) is 34.6 Å². The van der Waals surface area contributed by atoms with Gasteiger partial charge in [-0.15, -0.1) is 0 Å². The first-order valence-corrected chi connectivity index (χ1v) is 6.07. The minimum absolute atomic E-state index is 0.0242. The number of hydrogen-bond acceptors (Lipinski definition) is 2. The highest BCUT2D eigenvalue weighted by Gasteiger charge is 2.24. The summed E-state index contributed by atoms with van der Waals surface area (Å²) in [5, 5.41) is 12.5. The van der Waals surface area contributed by atoms with Crippen LogP contribution >= 0.6 is 0 Å². The summed E-state index contributed by atoms with van der Waals surface area (Å²) in [5.74, 6) is 0.357. The third-order valence-electron chi connectivity index (χ3n) is 3.40. The van der Waals surface area contributed by atoms with E-state index in [-0.39, 0.29) is 11.3 Å². The van der Waals surface area contributed by atoms with E-state index in [1.54, 1.807) is 6.92 Å². The normalized spacial score (nSPS) is 17.7. The fourth-order valence-corrected chi connectivity index (χ4v) is 1.07.